The number of ketones is 1. The second kappa shape index (κ2) is 7.90. The van der Waals surface area contributed by atoms with Gasteiger partial charge in [0.1, 0.15) is 11.5 Å². The number of rotatable bonds is 5. The smallest absolute Gasteiger partial charge is 0.274 e. The van der Waals surface area contributed by atoms with Gasteiger partial charge in [0, 0.05) is 22.5 Å². The Morgan fingerprint density at radius 2 is 1.59 bits per heavy atom. The fraction of sp³-hybridized carbons (Fsp3) is 0. The molecule has 0 fully saturated rings. The van der Waals surface area contributed by atoms with Crippen molar-refractivity contribution >= 4 is 17.4 Å². The molecule has 6 heteroatoms. The first-order chi connectivity index (χ1) is 14.1. The maximum absolute atomic E-state index is 13.2. The summed E-state index contributed by atoms with van der Waals surface area (Å²) in [5.41, 5.74) is 2.44. The van der Waals surface area contributed by atoms with Gasteiger partial charge in [-0.25, -0.2) is 9.37 Å². The van der Waals surface area contributed by atoms with Crippen molar-refractivity contribution in [3.63, 3.8) is 0 Å². The van der Waals surface area contributed by atoms with E-state index in [1.807, 2.05) is 6.07 Å². The van der Waals surface area contributed by atoms with E-state index in [0.29, 0.717) is 22.5 Å². The number of aromatic nitrogens is 2. The number of anilines is 1. The lowest BCUT2D eigenvalue weighted by Crippen LogP contribution is -2.16. The van der Waals surface area contributed by atoms with Gasteiger partial charge >= 0.3 is 0 Å². The van der Waals surface area contributed by atoms with Crippen molar-refractivity contribution < 1.29 is 14.0 Å². The number of amides is 1. The number of nitrogens with one attached hydrogen (secondary N) is 1. The Hall–Kier alpha value is -4.06. The van der Waals surface area contributed by atoms with Crippen molar-refractivity contribution in [1.82, 2.24) is 9.55 Å². The topological polar surface area (TPSA) is 64.0 Å². The number of hydrogen-bond acceptors (Lipinski definition) is 3. The number of benzene rings is 3. The van der Waals surface area contributed by atoms with Crippen molar-refractivity contribution in [1.29, 1.82) is 0 Å². The van der Waals surface area contributed by atoms with Gasteiger partial charge < -0.3 is 5.32 Å². The van der Waals surface area contributed by atoms with Gasteiger partial charge in [0.25, 0.3) is 5.91 Å². The second-order valence-corrected chi connectivity index (χ2v) is 6.36. The lowest BCUT2D eigenvalue weighted by molar-refractivity contribution is 0.101. The number of hydrogen-bond donors (Lipinski definition) is 1. The molecule has 29 heavy (non-hydrogen) atoms. The third kappa shape index (κ3) is 3.96. The zero-order valence-corrected chi connectivity index (χ0v) is 15.2. The molecular weight excluding hydrogens is 369 g/mol. The van der Waals surface area contributed by atoms with Crippen LogP contribution in [-0.4, -0.2) is 21.2 Å². The summed E-state index contributed by atoms with van der Waals surface area (Å²) in [6.45, 7) is 0. The van der Waals surface area contributed by atoms with Crippen LogP contribution >= 0.6 is 0 Å². The van der Waals surface area contributed by atoms with E-state index in [9.17, 15) is 14.0 Å². The molecule has 1 aromatic heterocycles. The molecule has 4 rings (SSSR count). The van der Waals surface area contributed by atoms with Gasteiger partial charge in [-0.05, 0) is 36.4 Å². The highest BCUT2D eigenvalue weighted by Gasteiger charge is 2.15. The van der Waals surface area contributed by atoms with Crippen LogP contribution in [0.2, 0.25) is 0 Å². The Labute approximate surface area is 166 Å². The van der Waals surface area contributed by atoms with Crippen LogP contribution in [0.1, 0.15) is 26.4 Å². The van der Waals surface area contributed by atoms with Crippen LogP contribution in [0, 0.1) is 5.82 Å². The first-order valence-corrected chi connectivity index (χ1v) is 8.91. The molecule has 1 N–H and O–H groups in total. The number of halogens is 1. The molecule has 0 radical (unpaired) electrons. The fourth-order valence-corrected chi connectivity index (χ4v) is 2.96. The van der Waals surface area contributed by atoms with Crippen LogP contribution in [0.25, 0.3) is 5.69 Å². The summed E-state index contributed by atoms with van der Waals surface area (Å²) in [5.74, 6) is -0.881. The molecule has 1 amide bonds. The number of carbonyl (C=O) groups excluding carboxylic acids is 2. The van der Waals surface area contributed by atoms with Crippen molar-refractivity contribution in [3.8, 4) is 5.69 Å². The first kappa shape index (κ1) is 18.3. The van der Waals surface area contributed by atoms with Crippen LogP contribution in [0.3, 0.4) is 0 Å². The monoisotopic (exact) mass is 385 g/mol. The molecule has 142 valence electrons. The van der Waals surface area contributed by atoms with Crippen molar-refractivity contribution in [2.45, 2.75) is 0 Å². The quantitative estimate of drug-likeness (QED) is 0.515. The molecule has 0 aliphatic rings. The zero-order chi connectivity index (χ0) is 20.2. The Balaban J connectivity index is 1.57. The van der Waals surface area contributed by atoms with Gasteiger partial charge in [0.05, 0.1) is 12.5 Å². The fourth-order valence-electron chi connectivity index (χ4n) is 2.96. The molecule has 0 aliphatic carbocycles. The summed E-state index contributed by atoms with van der Waals surface area (Å²) < 4.78 is 14.7. The van der Waals surface area contributed by atoms with Crippen LogP contribution in [0.4, 0.5) is 10.1 Å². The van der Waals surface area contributed by atoms with Gasteiger partial charge in [0.2, 0.25) is 0 Å². The predicted molar refractivity (Wildman–Crippen MR) is 108 cm³/mol. The molecular formula is C23H16FN3O2. The predicted octanol–water partition coefficient (Wildman–Crippen LogP) is 4.49. The molecule has 0 saturated heterocycles. The van der Waals surface area contributed by atoms with Crippen LogP contribution < -0.4 is 5.32 Å². The van der Waals surface area contributed by atoms with Crippen LogP contribution in [0.15, 0.2) is 91.4 Å². The zero-order valence-electron chi connectivity index (χ0n) is 15.2. The van der Waals surface area contributed by atoms with Crippen molar-refractivity contribution in [3.05, 3.63) is 114 Å². The largest absolute Gasteiger partial charge is 0.321 e. The van der Waals surface area contributed by atoms with Gasteiger partial charge in [-0.1, -0.05) is 42.5 Å². The van der Waals surface area contributed by atoms with E-state index < -0.39 is 5.91 Å². The molecule has 5 nitrogen and oxygen atoms in total. The summed E-state index contributed by atoms with van der Waals surface area (Å²) in [6.07, 6.45) is 2.91. The Kier molecular flexibility index (Phi) is 4.99. The summed E-state index contributed by atoms with van der Waals surface area (Å²) in [7, 11) is 0. The lowest BCUT2D eigenvalue weighted by atomic mass is 10.0. The normalized spacial score (nSPS) is 10.5. The average molecular weight is 385 g/mol. The van der Waals surface area contributed by atoms with Gasteiger partial charge in [0.15, 0.2) is 5.78 Å². The van der Waals surface area contributed by atoms with Crippen molar-refractivity contribution in [2.24, 2.45) is 0 Å². The molecule has 0 saturated carbocycles. The molecule has 4 aromatic rings. The Bertz CT molecular complexity index is 1170. The highest BCUT2D eigenvalue weighted by Crippen LogP contribution is 2.17. The second-order valence-electron chi connectivity index (χ2n) is 6.36. The minimum Gasteiger partial charge on any atom is -0.321 e. The highest BCUT2D eigenvalue weighted by molar-refractivity contribution is 6.10. The minimum absolute atomic E-state index is 0.127. The lowest BCUT2D eigenvalue weighted by Gasteiger charge is -2.10. The van der Waals surface area contributed by atoms with E-state index in [4.69, 9.17) is 0 Å². The summed E-state index contributed by atoms with van der Waals surface area (Å²) >= 11 is 0. The van der Waals surface area contributed by atoms with Gasteiger partial charge in [-0.3, -0.25) is 14.2 Å². The standard InChI is InChI=1S/C23H16FN3O2/c24-18-9-11-20(12-10-18)27-15-25-14-21(27)23(29)26-19-8-4-7-17(13-19)22(28)16-5-2-1-3-6-16/h1-15H,(H,26,29). The van der Waals surface area contributed by atoms with Crippen LogP contribution in [0.5, 0.6) is 0 Å². The summed E-state index contributed by atoms with van der Waals surface area (Å²) in [4.78, 5) is 29.4. The minimum atomic E-state index is -0.392. The molecule has 1 heterocycles. The molecule has 0 unspecified atom stereocenters. The van der Waals surface area contributed by atoms with E-state index in [1.165, 1.54) is 24.7 Å². The Morgan fingerprint density at radius 1 is 0.862 bits per heavy atom. The van der Waals surface area contributed by atoms with Gasteiger partial charge in [-0.2, -0.15) is 0 Å². The van der Waals surface area contributed by atoms with E-state index >= 15 is 0 Å². The van der Waals surface area contributed by atoms with E-state index in [1.54, 1.807) is 65.2 Å². The molecule has 0 bridgehead atoms. The van der Waals surface area contributed by atoms with Crippen molar-refractivity contribution in [2.75, 3.05) is 5.32 Å². The average Bonchev–Trinajstić information content (AvgIpc) is 3.25. The number of imidazole rings is 1. The molecule has 0 spiro atoms. The highest BCUT2D eigenvalue weighted by atomic mass is 19.1. The molecule has 0 atom stereocenters. The number of carbonyl (C=O) groups is 2. The van der Waals surface area contributed by atoms with E-state index in [2.05, 4.69) is 10.3 Å². The third-order valence-electron chi connectivity index (χ3n) is 4.39. The third-order valence-corrected chi connectivity index (χ3v) is 4.39. The summed E-state index contributed by atoms with van der Waals surface area (Å²) in [6, 6.07) is 21.4. The van der Waals surface area contributed by atoms with E-state index in [0.717, 1.165) is 0 Å². The Morgan fingerprint density at radius 3 is 2.34 bits per heavy atom. The summed E-state index contributed by atoms with van der Waals surface area (Å²) in [5, 5.41) is 2.79. The molecule has 0 aliphatic heterocycles. The first-order valence-electron chi connectivity index (χ1n) is 8.91. The molecule has 3 aromatic carbocycles. The number of nitrogens with zero attached hydrogens (tertiary/aromatic N) is 2. The maximum atomic E-state index is 13.2. The van der Waals surface area contributed by atoms with E-state index in [-0.39, 0.29) is 17.3 Å². The maximum Gasteiger partial charge on any atom is 0.274 e. The van der Waals surface area contributed by atoms with Gasteiger partial charge in [-0.15, -0.1) is 0 Å². The SMILES string of the molecule is O=C(c1ccccc1)c1cccc(NC(=O)c2cncn2-c2ccc(F)cc2)c1. The van der Waals surface area contributed by atoms with Crippen LogP contribution in [-0.2, 0) is 0 Å².